The Labute approximate surface area is 301 Å². The number of hydrogen-bond donors (Lipinski definition) is 3. The molecule has 6 heterocycles. The van der Waals surface area contributed by atoms with Crippen LogP contribution in [0.4, 0.5) is 0 Å². The monoisotopic (exact) mass is 695 g/mol. The molecule has 0 atom stereocenters. The van der Waals surface area contributed by atoms with Gasteiger partial charge in [0, 0.05) is 52.5 Å². The lowest BCUT2D eigenvalue weighted by molar-refractivity contribution is -0.150. The van der Waals surface area contributed by atoms with Crippen LogP contribution in [0.1, 0.15) is 100 Å². The second-order valence-corrected chi connectivity index (χ2v) is 16.4. The molecule has 4 bridgehead atoms. The van der Waals surface area contributed by atoms with Crippen molar-refractivity contribution < 1.29 is 9.53 Å². The van der Waals surface area contributed by atoms with Crippen molar-refractivity contribution >= 4 is 39.6 Å². The number of carbonyl (C=O) groups is 1. The first kappa shape index (κ1) is 31.7. The van der Waals surface area contributed by atoms with Crippen LogP contribution in [-0.2, 0) is 27.0 Å². The van der Waals surface area contributed by atoms with Crippen LogP contribution in [0.3, 0.4) is 0 Å². The summed E-state index contributed by atoms with van der Waals surface area (Å²) in [6, 6.07) is 14.1. The fourth-order valence-electron chi connectivity index (χ4n) is 10.3. The molecule has 0 radical (unpaired) electrons. The number of nitrogens with zero attached hydrogens (tertiary/aromatic N) is 6. The number of hydrogen-bond acceptors (Lipinski definition) is 7. The average molecular weight is 696 g/mol. The molecule has 6 aliphatic rings. The number of esters is 1. The van der Waals surface area contributed by atoms with Gasteiger partial charge in [-0.05, 0) is 100 Å². The van der Waals surface area contributed by atoms with Crippen LogP contribution in [0.25, 0.3) is 33.6 Å². The number of carbonyl (C=O) groups excluding carboxylic acids is 1. The zero-order chi connectivity index (χ0) is 35.0. The number of nitrogens with two attached hydrogens (primary N) is 1. The summed E-state index contributed by atoms with van der Waals surface area (Å²) in [5.41, 5.74) is 16.6. The number of ether oxygens (including phenoxy) is 1. The van der Waals surface area contributed by atoms with Gasteiger partial charge in [0.15, 0.2) is 22.6 Å². The summed E-state index contributed by atoms with van der Waals surface area (Å²) < 4.78 is 10.2. The van der Waals surface area contributed by atoms with Crippen molar-refractivity contribution in [1.82, 2.24) is 38.7 Å². The van der Waals surface area contributed by atoms with Crippen molar-refractivity contribution in [3.63, 3.8) is 0 Å². The van der Waals surface area contributed by atoms with Crippen LogP contribution in [0, 0.1) is 5.41 Å². The van der Waals surface area contributed by atoms with E-state index in [4.69, 9.17) is 10.5 Å². The standard InChI is InChI=1S/C25H26N4O2.C16H19N5/c30-22(31-17-18-4-2-1-3-5-18)14-24-7-10-25(11-8-24,12-9-24)20-15-27-21-16-28-23-19(29(20)21)6-13-26-23;17-16-5-2-15(3-6-16,4-7-16)12-9-19-13-10-20-14-11(21(12)13)1-8-18-14/h1-6,13,15-16,26H,7-12,14,17H2;1,8-10,18H,2-7,17H2. The third-order valence-corrected chi connectivity index (χ3v) is 13.6. The molecule has 266 valence electrons. The van der Waals surface area contributed by atoms with Crippen molar-refractivity contribution in [3.05, 3.63) is 96.6 Å². The molecule has 0 aliphatic heterocycles. The Morgan fingerprint density at radius 1 is 0.654 bits per heavy atom. The van der Waals surface area contributed by atoms with Gasteiger partial charge in [-0.25, -0.2) is 19.9 Å². The van der Waals surface area contributed by atoms with E-state index in [1.165, 1.54) is 30.7 Å². The highest BCUT2D eigenvalue weighted by Crippen LogP contribution is 2.59. The molecule has 6 saturated carbocycles. The molecular formula is C41H45N9O2. The lowest BCUT2D eigenvalue weighted by atomic mass is 9.52. The van der Waals surface area contributed by atoms with Crippen molar-refractivity contribution in [2.45, 2.75) is 106 Å². The Morgan fingerprint density at radius 3 is 1.67 bits per heavy atom. The third-order valence-electron chi connectivity index (χ3n) is 13.6. The van der Waals surface area contributed by atoms with Gasteiger partial charge in [0.25, 0.3) is 0 Å². The van der Waals surface area contributed by atoms with Crippen LogP contribution >= 0.6 is 0 Å². The molecule has 6 fully saturated rings. The minimum Gasteiger partial charge on any atom is -0.461 e. The maximum atomic E-state index is 12.6. The maximum absolute atomic E-state index is 12.6. The number of fused-ring (bicyclic) bond motifs is 12. The van der Waals surface area contributed by atoms with Crippen LogP contribution in [-0.4, -0.2) is 50.2 Å². The van der Waals surface area contributed by atoms with E-state index in [0.29, 0.717) is 13.0 Å². The zero-order valence-corrected chi connectivity index (χ0v) is 29.5. The lowest BCUT2D eigenvalue weighted by Gasteiger charge is -2.53. The number of aromatic nitrogens is 8. The van der Waals surface area contributed by atoms with Gasteiger partial charge in [-0.1, -0.05) is 30.3 Å². The van der Waals surface area contributed by atoms with E-state index >= 15 is 0 Å². The molecule has 7 aromatic rings. The molecule has 52 heavy (non-hydrogen) atoms. The molecule has 0 spiro atoms. The molecule has 0 saturated heterocycles. The number of benzene rings is 1. The Hall–Kier alpha value is -5.03. The van der Waals surface area contributed by atoms with Gasteiger partial charge in [0.1, 0.15) is 6.61 Å². The first-order valence-electron chi connectivity index (χ1n) is 18.9. The Balaban J connectivity index is 0.000000140. The van der Waals surface area contributed by atoms with Crippen molar-refractivity contribution in [2.75, 3.05) is 0 Å². The number of nitrogens with one attached hydrogen (secondary N) is 2. The summed E-state index contributed by atoms with van der Waals surface area (Å²) in [5, 5.41) is 0. The van der Waals surface area contributed by atoms with Gasteiger partial charge in [-0.2, -0.15) is 0 Å². The molecule has 13 rings (SSSR count). The quantitative estimate of drug-likeness (QED) is 0.153. The Bertz CT molecular complexity index is 2390. The molecule has 0 amide bonds. The lowest BCUT2D eigenvalue weighted by Crippen LogP contribution is -2.53. The topological polar surface area (TPSA) is 144 Å². The smallest absolute Gasteiger partial charge is 0.306 e. The summed E-state index contributed by atoms with van der Waals surface area (Å²) in [7, 11) is 0. The first-order chi connectivity index (χ1) is 25.4. The van der Waals surface area contributed by atoms with Crippen molar-refractivity contribution in [2.24, 2.45) is 11.1 Å². The molecule has 6 aliphatic carbocycles. The Morgan fingerprint density at radius 2 is 1.15 bits per heavy atom. The van der Waals surface area contributed by atoms with Crippen LogP contribution in [0.2, 0.25) is 0 Å². The van der Waals surface area contributed by atoms with Gasteiger partial charge in [-0.3, -0.25) is 13.6 Å². The van der Waals surface area contributed by atoms with E-state index in [1.54, 1.807) is 0 Å². The first-order valence-corrected chi connectivity index (χ1v) is 18.9. The second-order valence-electron chi connectivity index (χ2n) is 16.4. The number of aromatic amines is 2. The van der Waals surface area contributed by atoms with E-state index in [2.05, 4.69) is 63.2 Å². The molecule has 1 aromatic carbocycles. The average Bonchev–Trinajstić information content (AvgIpc) is 4.01. The number of rotatable bonds is 6. The second kappa shape index (κ2) is 11.7. The van der Waals surface area contributed by atoms with E-state index in [9.17, 15) is 4.79 Å². The largest absolute Gasteiger partial charge is 0.461 e. The van der Waals surface area contributed by atoms with Crippen molar-refractivity contribution in [3.8, 4) is 0 Å². The Kier molecular flexibility index (Phi) is 7.16. The normalized spacial score (nSPS) is 28.1. The van der Waals surface area contributed by atoms with E-state index in [-0.39, 0.29) is 27.8 Å². The van der Waals surface area contributed by atoms with Gasteiger partial charge in [-0.15, -0.1) is 0 Å². The highest BCUT2D eigenvalue weighted by molar-refractivity contribution is 5.76. The summed E-state index contributed by atoms with van der Waals surface area (Å²) in [6.45, 7) is 0.363. The van der Waals surface area contributed by atoms with Crippen molar-refractivity contribution in [1.29, 1.82) is 0 Å². The van der Waals surface area contributed by atoms with E-state index in [0.717, 1.165) is 97.0 Å². The van der Waals surface area contributed by atoms with E-state index < -0.39 is 0 Å². The number of H-pyrrole nitrogens is 2. The fraction of sp³-hybridized carbons (Fsp3) is 0.439. The van der Waals surface area contributed by atoms with Gasteiger partial charge >= 0.3 is 5.97 Å². The molecule has 4 N–H and O–H groups in total. The fourth-order valence-corrected chi connectivity index (χ4v) is 10.3. The molecular weight excluding hydrogens is 651 g/mol. The minimum atomic E-state index is -0.0619. The third kappa shape index (κ3) is 5.07. The summed E-state index contributed by atoms with van der Waals surface area (Å²) in [6.07, 6.45) is 25.7. The molecule has 11 heteroatoms. The molecule has 6 aromatic heterocycles. The predicted octanol–water partition coefficient (Wildman–Crippen LogP) is 7.45. The van der Waals surface area contributed by atoms with Gasteiger partial charge in [0.05, 0.1) is 29.8 Å². The SMILES string of the molecule is NC12CCC(c3cnc4cnc5[nH]ccc5n34)(CC1)CC2.O=C(CC12CCC(c3cnc4cnc5[nH]ccc5n34)(CC1)CC2)OCc1ccccc1. The predicted molar refractivity (Wildman–Crippen MR) is 199 cm³/mol. The highest BCUT2D eigenvalue weighted by Gasteiger charge is 2.52. The van der Waals surface area contributed by atoms with Gasteiger partial charge < -0.3 is 20.4 Å². The summed E-state index contributed by atoms with van der Waals surface area (Å²) in [5.74, 6) is -0.0619. The maximum Gasteiger partial charge on any atom is 0.306 e. The van der Waals surface area contributed by atoms with Crippen LogP contribution in [0.15, 0.2) is 79.6 Å². The molecule has 0 unspecified atom stereocenters. The number of imidazole rings is 2. The van der Waals surface area contributed by atoms with Gasteiger partial charge in [0.2, 0.25) is 0 Å². The zero-order valence-electron chi connectivity index (χ0n) is 29.5. The highest BCUT2D eigenvalue weighted by atomic mass is 16.5. The van der Waals surface area contributed by atoms with E-state index in [1.807, 2.05) is 55.1 Å². The summed E-state index contributed by atoms with van der Waals surface area (Å²) >= 11 is 0. The molecule has 11 nitrogen and oxygen atoms in total. The summed E-state index contributed by atoms with van der Waals surface area (Å²) in [4.78, 5) is 37.2. The van der Waals surface area contributed by atoms with Crippen LogP contribution in [0.5, 0.6) is 0 Å². The minimum absolute atomic E-state index is 0.0619. The van der Waals surface area contributed by atoms with Crippen LogP contribution < -0.4 is 5.73 Å².